The quantitative estimate of drug-likeness (QED) is 0.00925. The maximum Gasteiger partial charge on any atom is 0.410 e. The van der Waals surface area contributed by atoms with Crippen LogP contribution in [0.2, 0.25) is 0 Å². The number of ether oxygens (including phenoxy) is 15. The van der Waals surface area contributed by atoms with E-state index in [1.807, 2.05) is 24.3 Å². The molecule has 626 valence electrons. The maximum absolute atomic E-state index is 15.8. The minimum Gasteiger partial charge on any atom is -0.463 e. The Hall–Kier alpha value is -11.9. The highest BCUT2D eigenvalue weighted by atomic mass is 16.8. The first-order valence-corrected chi connectivity index (χ1v) is 38.1. The number of carbonyl (C=O) groups excluding carboxylic acids is 8. The number of nitrogens with one attached hydrogen (secondary N) is 3. The van der Waals surface area contributed by atoms with Gasteiger partial charge in [-0.25, -0.2) is 14.4 Å². The number of nitrogens with zero attached hydrogens (tertiary/aromatic N) is 10. The van der Waals surface area contributed by atoms with E-state index in [0.717, 1.165) is 27.7 Å². The summed E-state index contributed by atoms with van der Waals surface area (Å²) < 4.78 is 94.6. The summed E-state index contributed by atoms with van der Waals surface area (Å²) in [7, 11) is 0. The van der Waals surface area contributed by atoms with Crippen molar-refractivity contribution in [2.75, 3.05) is 19.7 Å². The summed E-state index contributed by atoms with van der Waals surface area (Å²) >= 11 is 0. The second kappa shape index (κ2) is 45.0. The van der Waals surface area contributed by atoms with Crippen molar-refractivity contribution in [3.8, 4) is 0 Å². The molecule has 10 rings (SSSR count). The lowest BCUT2D eigenvalue weighted by Crippen LogP contribution is -2.74. The van der Waals surface area contributed by atoms with Crippen molar-refractivity contribution in [1.29, 1.82) is 0 Å². The van der Waals surface area contributed by atoms with E-state index in [2.05, 4.69) is 46.0 Å². The van der Waals surface area contributed by atoms with Crippen LogP contribution in [0.4, 0.5) is 14.4 Å². The molecule has 4 fully saturated rings. The van der Waals surface area contributed by atoms with Gasteiger partial charge in [0, 0.05) is 61.9 Å². The first kappa shape index (κ1) is 88.4. The van der Waals surface area contributed by atoms with E-state index in [-0.39, 0.29) is 65.4 Å². The third kappa shape index (κ3) is 25.8. The smallest absolute Gasteiger partial charge is 0.410 e. The third-order valence-electron chi connectivity index (χ3n) is 19.5. The molecule has 4 amide bonds. The zero-order valence-electron chi connectivity index (χ0n) is 65.2. The molecule has 20 atom stereocenters. The lowest BCUT2D eigenvalue weighted by molar-refractivity contribution is -0.303. The first-order chi connectivity index (χ1) is 57.2. The van der Waals surface area contributed by atoms with Gasteiger partial charge < -0.3 is 92.1 Å². The van der Waals surface area contributed by atoms with Crippen LogP contribution in [-0.4, -0.2) is 200 Å². The van der Waals surface area contributed by atoms with Gasteiger partial charge >= 0.3 is 42.2 Å². The molecule has 4 aliphatic rings. The van der Waals surface area contributed by atoms with Gasteiger partial charge in [-0.1, -0.05) is 197 Å². The van der Waals surface area contributed by atoms with Crippen molar-refractivity contribution in [3.63, 3.8) is 0 Å². The molecule has 6 aromatic carbocycles. The summed E-state index contributed by atoms with van der Waals surface area (Å²) in [5, 5.41) is 34.0. The number of benzene rings is 6. The normalized spacial score (nSPS) is 25.6. The second-order valence-electron chi connectivity index (χ2n) is 27.9. The van der Waals surface area contributed by atoms with Gasteiger partial charge in [-0.2, -0.15) is 0 Å². The van der Waals surface area contributed by atoms with Crippen LogP contribution in [0.25, 0.3) is 31.3 Å². The summed E-state index contributed by atoms with van der Waals surface area (Å²) in [6.07, 6.45) is -29.9. The van der Waals surface area contributed by atoms with Gasteiger partial charge in [0.25, 0.3) is 0 Å². The van der Waals surface area contributed by atoms with Crippen LogP contribution in [0.5, 0.6) is 0 Å². The Labute approximate surface area is 678 Å². The topological polar surface area (TPSA) is 481 Å². The molecular weight excluding hydrogens is 1540 g/mol. The summed E-state index contributed by atoms with van der Waals surface area (Å²) in [5.41, 5.74) is 33.9. The standard InChI is InChI=1S/C81H93N13O24/c1-48(94(41-53-24-12-6-13-25-53)81(103)109-46-58-34-22-11-23-35-58)60-37-36-59(89-92-83)76(113-60)117-71-65(88-80(102)108-45-57-32-20-10-21-33-57)70(106-43-55-28-16-8-17-29-55)64(87-75(100)61(105-42-54-26-14-7-15-27-54)38-39-85-79(101)107-44-56-30-18-9-19-31-56)67(99)73(71)118-78-74(112-52(5)98)69(63(115-78)47-104-49(2)95)116-77-66(90-93-84)72(111-51(4)97)68(110-50(3)96)62(114-77)40-86-91-82/h6-35,48,59-74,76-78,99H,36-47H2,1-5H3,(H,85,101)(H,87,100)(H,88,102)/t48-,59+,60-,61-,62-,63+,64-,65-,66+,67-,68+,69+,70+,71+,72+,73+,74+,76+,77+,78-/m0/s1. The van der Waals surface area contributed by atoms with Gasteiger partial charge in [-0.05, 0) is 69.7 Å². The van der Waals surface area contributed by atoms with Gasteiger partial charge in [-0.15, -0.1) is 0 Å². The molecule has 3 heterocycles. The minimum atomic E-state index is -2.24. The molecule has 37 nitrogen and oxygen atoms in total. The SMILES string of the molecule is CC(=O)OC[C@H]1O[C@@H](O[C@@H]2[C@@H](O)[C@H](NC(=O)[C@H](CCNC(=O)OCc3ccccc3)OCc3ccccc3)[C@@H](OCc3ccccc3)[C@H](NC(=O)OCc3ccccc3)[C@H]2O[C@H]2O[C@H]([C@H](C)N(Cc3ccccc3)C(=O)OCc3ccccc3)CC[C@H]2N=[N+]=[N-])[C@H](OC(C)=O)[C@@H]1O[C@H]1O[C@@H](CN=[N+]=[N-])[C@@H](OC(C)=O)[C@H](OC(C)=O)[C@H]1N=[N+]=[N-]. The largest absolute Gasteiger partial charge is 0.463 e. The summed E-state index contributed by atoms with van der Waals surface area (Å²) in [4.78, 5) is 122. The summed E-state index contributed by atoms with van der Waals surface area (Å²) in [6.45, 7) is 3.06. The van der Waals surface area contributed by atoms with E-state index in [4.69, 9.17) is 71.1 Å². The molecule has 0 aromatic heterocycles. The van der Waals surface area contributed by atoms with Crippen molar-refractivity contribution in [1.82, 2.24) is 20.9 Å². The Bertz CT molecular complexity index is 4410. The summed E-state index contributed by atoms with van der Waals surface area (Å²) in [6, 6.07) is 45.3. The highest BCUT2D eigenvalue weighted by molar-refractivity contribution is 5.81. The van der Waals surface area contributed by atoms with Crippen LogP contribution in [0, 0.1) is 0 Å². The van der Waals surface area contributed by atoms with Crippen LogP contribution in [-0.2, 0) is 135 Å². The van der Waals surface area contributed by atoms with Crippen LogP contribution < -0.4 is 16.0 Å². The lowest BCUT2D eigenvalue weighted by atomic mass is 9.80. The predicted molar refractivity (Wildman–Crippen MR) is 412 cm³/mol. The Balaban J connectivity index is 1.11. The molecule has 0 bridgehead atoms. The Morgan fingerprint density at radius 2 is 0.992 bits per heavy atom. The van der Waals surface area contributed by atoms with Gasteiger partial charge in [-0.3, -0.25) is 28.9 Å². The number of aliphatic hydroxyl groups excluding tert-OH is 1. The predicted octanol–water partition coefficient (Wildman–Crippen LogP) is 9.99. The fraction of sp³-hybridized carbons (Fsp3) is 0.457. The fourth-order valence-corrected chi connectivity index (χ4v) is 13.9. The van der Waals surface area contributed by atoms with Gasteiger partial charge in [0.2, 0.25) is 5.91 Å². The number of carbonyl (C=O) groups is 8. The Kier molecular flexibility index (Phi) is 33.7. The number of aliphatic hydroxyl groups is 1. The van der Waals surface area contributed by atoms with Crippen LogP contribution >= 0.6 is 0 Å². The van der Waals surface area contributed by atoms with Crippen molar-refractivity contribution < 1.29 is 115 Å². The third-order valence-corrected chi connectivity index (χ3v) is 19.5. The Morgan fingerprint density at radius 1 is 0.492 bits per heavy atom. The number of alkyl carbamates (subject to hydrolysis) is 2. The molecule has 0 radical (unpaired) electrons. The number of esters is 4. The van der Waals surface area contributed by atoms with E-state index in [9.17, 15) is 50.5 Å². The number of hydrogen-bond acceptors (Lipinski definition) is 27. The molecule has 118 heavy (non-hydrogen) atoms. The zero-order chi connectivity index (χ0) is 83.9. The van der Waals surface area contributed by atoms with E-state index in [0.29, 0.717) is 33.4 Å². The van der Waals surface area contributed by atoms with Crippen molar-refractivity contribution in [2.45, 2.75) is 216 Å². The zero-order valence-corrected chi connectivity index (χ0v) is 65.2. The molecule has 1 aliphatic carbocycles. The molecule has 0 spiro atoms. The van der Waals surface area contributed by atoms with Crippen molar-refractivity contribution in [2.24, 2.45) is 15.3 Å². The lowest BCUT2D eigenvalue weighted by Gasteiger charge is -2.51. The molecule has 3 saturated heterocycles. The second-order valence-corrected chi connectivity index (χ2v) is 27.9. The molecule has 0 unspecified atom stereocenters. The molecule has 1 saturated carbocycles. The fourth-order valence-electron chi connectivity index (χ4n) is 13.9. The van der Waals surface area contributed by atoms with Crippen LogP contribution in [0.1, 0.15) is 87.3 Å². The van der Waals surface area contributed by atoms with E-state index >= 15 is 9.59 Å². The maximum atomic E-state index is 15.8. The molecular formula is C81H93N13O24. The highest BCUT2D eigenvalue weighted by Crippen LogP contribution is 2.40. The number of hydrogen-bond donors (Lipinski definition) is 4. The summed E-state index contributed by atoms with van der Waals surface area (Å²) in [5.74, 6) is -4.82. The van der Waals surface area contributed by atoms with E-state index in [1.165, 1.54) is 4.90 Å². The minimum absolute atomic E-state index is 0.00285. The molecule has 6 aromatic rings. The van der Waals surface area contributed by atoms with Crippen molar-refractivity contribution >= 4 is 48.1 Å². The van der Waals surface area contributed by atoms with Gasteiger partial charge in [0.1, 0.15) is 81.3 Å². The van der Waals surface area contributed by atoms with Crippen LogP contribution in [0.3, 0.4) is 0 Å². The molecule has 4 N–H and O–H groups in total. The number of azide groups is 3. The Morgan fingerprint density at radius 3 is 1.54 bits per heavy atom. The van der Waals surface area contributed by atoms with E-state index < -0.39 is 184 Å². The monoisotopic (exact) mass is 1630 g/mol. The van der Waals surface area contributed by atoms with Crippen LogP contribution in [0.15, 0.2) is 197 Å². The average Bonchev–Trinajstić information content (AvgIpc) is 0.889. The van der Waals surface area contributed by atoms with Crippen molar-refractivity contribution in [3.05, 3.63) is 247 Å². The molecule has 3 aliphatic heterocycles. The van der Waals surface area contributed by atoms with E-state index in [1.54, 1.807) is 165 Å². The first-order valence-electron chi connectivity index (χ1n) is 38.1. The highest BCUT2D eigenvalue weighted by Gasteiger charge is 2.61. The van der Waals surface area contributed by atoms with Gasteiger partial charge in [0.15, 0.2) is 37.2 Å². The number of amides is 4. The molecule has 37 heteroatoms. The van der Waals surface area contributed by atoms with Gasteiger partial charge in [0.05, 0.1) is 50.0 Å². The average molecular weight is 1630 g/mol. The number of rotatable bonds is 37.